The van der Waals surface area contributed by atoms with Gasteiger partial charge in [-0.25, -0.2) is 13.4 Å². The molecule has 0 aromatic heterocycles. The van der Waals surface area contributed by atoms with Crippen molar-refractivity contribution in [3.05, 3.63) is 0 Å². The lowest BCUT2D eigenvalue weighted by molar-refractivity contribution is -0.127. The molecule has 1 saturated carbocycles. The van der Waals surface area contributed by atoms with E-state index in [0.717, 1.165) is 12.8 Å². The Morgan fingerprint density at radius 1 is 1.30 bits per heavy atom. The fourth-order valence-electron chi connectivity index (χ4n) is 2.38. The van der Waals surface area contributed by atoms with Gasteiger partial charge in [-0.1, -0.05) is 12.8 Å². The van der Waals surface area contributed by atoms with E-state index < -0.39 is 9.84 Å². The quantitative estimate of drug-likeness (QED) is 0.514. The van der Waals surface area contributed by atoms with E-state index >= 15 is 0 Å². The van der Waals surface area contributed by atoms with Gasteiger partial charge in [0.15, 0.2) is 5.96 Å². The van der Waals surface area contributed by atoms with E-state index in [1.807, 2.05) is 6.92 Å². The highest BCUT2D eigenvalue weighted by Crippen LogP contribution is 2.17. The van der Waals surface area contributed by atoms with Crippen LogP contribution in [-0.2, 0) is 14.6 Å². The minimum absolute atomic E-state index is 0.0353. The van der Waals surface area contributed by atoms with Crippen LogP contribution in [0.15, 0.2) is 4.99 Å². The molecule has 0 saturated heterocycles. The summed E-state index contributed by atoms with van der Waals surface area (Å²) in [6, 6.07) is 0.338. The van der Waals surface area contributed by atoms with E-state index in [4.69, 9.17) is 0 Å². The summed E-state index contributed by atoms with van der Waals surface area (Å²) in [5.74, 6) is 0.656. The highest BCUT2D eigenvalue weighted by Gasteiger charge is 2.18. The largest absolute Gasteiger partial charge is 0.354 e. The van der Waals surface area contributed by atoms with E-state index in [2.05, 4.69) is 15.6 Å². The van der Waals surface area contributed by atoms with Gasteiger partial charge in [0.05, 0.1) is 5.75 Å². The van der Waals surface area contributed by atoms with Crippen LogP contribution in [0.25, 0.3) is 0 Å². The average Bonchev–Trinajstić information content (AvgIpc) is 2.94. The molecule has 7 nitrogen and oxygen atoms in total. The molecule has 23 heavy (non-hydrogen) atoms. The summed E-state index contributed by atoms with van der Waals surface area (Å²) >= 11 is 0. The Bertz CT molecular complexity index is 511. The van der Waals surface area contributed by atoms with Crippen molar-refractivity contribution in [1.29, 1.82) is 0 Å². The van der Waals surface area contributed by atoms with E-state index in [1.54, 1.807) is 14.1 Å². The third-order valence-electron chi connectivity index (χ3n) is 3.87. The lowest BCUT2D eigenvalue weighted by Gasteiger charge is -2.21. The molecule has 1 unspecified atom stereocenters. The molecule has 1 rings (SSSR count). The summed E-state index contributed by atoms with van der Waals surface area (Å²) < 4.78 is 22.5. The molecule has 8 heteroatoms. The van der Waals surface area contributed by atoms with Crippen LogP contribution >= 0.6 is 0 Å². The van der Waals surface area contributed by atoms with Gasteiger partial charge in [0.2, 0.25) is 5.91 Å². The molecule has 1 amide bonds. The number of hydrogen-bond donors (Lipinski definition) is 2. The highest BCUT2D eigenvalue weighted by molar-refractivity contribution is 7.90. The van der Waals surface area contributed by atoms with Gasteiger partial charge in [0.25, 0.3) is 0 Å². The van der Waals surface area contributed by atoms with Crippen LogP contribution in [0.5, 0.6) is 0 Å². The van der Waals surface area contributed by atoms with Gasteiger partial charge in [-0.15, -0.1) is 0 Å². The van der Waals surface area contributed by atoms with Crippen molar-refractivity contribution in [3.8, 4) is 0 Å². The van der Waals surface area contributed by atoms with Gasteiger partial charge < -0.3 is 15.5 Å². The lowest BCUT2D eigenvalue weighted by Crippen LogP contribution is -2.46. The summed E-state index contributed by atoms with van der Waals surface area (Å²) in [5, 5.41) is 6.57. The Morgan fingerprint density at radius 2 is 1.91 bits per heavy atom. The Morgan fingerprint density at radius 3 is 2.43 bits per heavy atom. The molecule has 1 aliphatic rings. The van der Waals surface area contributed by atoms with E-state index in [9.17, 15) is 13.2 Å². The fraction of sp³-hybridized carbons (Fsp3) is 0.867. The normalized spacial score (nSPS) is 17.8. The first kappa shape index (κ1) is 19.7. The second-order valence-corrected chi connectivity index (χ2v) is 8.80. The molecule has 0 heterocycles. The minimum Gasteiger partial charge on any atom is -0.354 e. The number of hydrogen-bond acceptors (Lipinski definition) is 4. The van der Waals surface area contributed by atoms with Gasteiger partial charge in [0.1, 0.15) is 16.4 Å². The van der Waals surface area contributed by atoms with Crippen LogP contribution in [0.3, 0.4) is 0 Å². The van der Waals surface area contributed by atoms with E-state index in [-0.39, 0.29) is 24.2 Å². The third kappa shape index (κ3) is 8.78. The number of carbonyl (C=O) groups is 1. The van der Waals surface area contributed by atoms with Crippen LogP contribution in [0.4, 0.5) is 0 Å². The van der Waals surface area contributed by atoms with Gasteiger partial charge in [-0.3, -0.25) is 4.79 Å². The Balaban J connectivity index is 2.61. The van der Waals surface area contributed by atoms with Crippen LogP contribution in [0.1, 0.15) is 39.0 Å². The monoisotopic (exact) mass is 346 g/mol. The summed E-state index contributed by atoms with van der Waals surface area (Å²) in [4.78, 5) is 17.6. The number of nitrogens with zero attached hydrogens (tertiary/aromatic N) is 2. The first-order valence-corrected chi connectivity index (χ1v) is 10.2. The summed E-state index contributed by atoms with van der Waals surface area (Å²) in [6.45, 7) is 2.00. The summed E-state index contributed by atoms with van der Waals surface area (Å²) in [6.07, 6.45) is 6.34. The van der Waals surface area contributed by atoms with Crippen molar-refractivity contribution in [2.75, 3.05) is 32.6 Å². The maximum atomic E-state index is 11.7. The minimum atomic E-state index is -2.98. The molecular formula is C15H30N4O3S. The molecule has 2 N–H and O–H groups in total. The number of amides is 1. The topological polar surface area (TPSA) is 90.9 Å². The molecule has 1 fully saturated rings. The van der Waals surface area contributed by atoms with Gasteiger partial charge in [0, 0.05) is 32.4 Å². The molecule has 0 aromatic rings. The molecular weight excluding hydrogens is 316 g/mol. The average molecular weight is 346 g/mol. The molecule has 0 bridgehead atoms. The van der Waals surface area contributed by atoms with Crippen molar-refractivity contribution < 1.29 is 13.2 Å². The van der Waals surface area contributed by atoms with E-state index in [1.165, 1.54) is 24.0 Å². The highest BCUT2D eigenvalue weighted by atomic mass is 32.2. The summed E-state index contributed by atoms with van der Waals surface area (Å²) in [5.41, 5.74) is 0. The SMILES string of the molecule is CC(CCS(C)(=O)=O)NC(=NCC(=O)N(C)C)NC1CCCC1. The third-order valence-corrected chi connectivity index (χ3v) is 4.85. The zero-order valence-electron chi connectivity index (χ0n) is 14.6. The van der Waals surface area contributed by atoms with Crippen LogP contribution in [-0.4, -0.2) is 69.9 Å². The smallest absolute Gasteiger partial charge is 0.243 e. The maximum Gasteiger partial charge on any atom is 0.243 e. The Kier molecular flexibility index (Phi) is 7.81. The second-order valence-electron chi connectivity index (χ2n) is 6.54. The molecule has 0 aliphatic heterocycles. The predicted octanol–water partition coefficient (Wildman–Crippen LogP) is 0.376. The van der Waals surface area contributed by atoms with Crippen molar-refractivity contribution >= 4 is 21.7 Å². The maximum absolute atomic E-state index is 11.7. The Hall–Kier alpha value is -1.31. The number of guanidine groups is 1. The van der Waals surface area contributed by atoms with Crippen molar-refractivity contribution in [1.82, 2.24) is 15.5 Å². The Labute approximate surface area is 139 Å². The molecule has 0 aromatic carbocycles. The summed E-state index contributed by atoms with van der Waals surface area (Å²) in [7, 11) is 0.422. The molecule has 0 spiro atoms. The van der Waals surface area contributed by atoms with Crippen LogP contribution in [0.2, 0.25) is 0 Å². The second kappa shape index (κ2) is 9.10. The van der Waals surface area contributed by atoms with Gasteiger partial charge >= 0.3 is 0 Å². The van der Waals surface area contributed by atoms with Crippen molar-refractivity contribution in [2.45, 2.75) is 51.1 Å². The zero-order chi connectivity index (χ0) is 17.5. The number of nitrogens with one attached hydrogen (secondary N) is 2. The van der Waals surface area contributed by atoms with Crippen LogP contribution in [0, 0.1) is 0 Å². The van der Waals surface area contributed by atoms with Crippen LogP contribution < -0.4 is 10.6 Å². The molecule has 1 atom stereocenters. The van der Waals surface area contributed by atoms with Gasteiger partial charge in [-0.2, -0.15) is 0 Å². The fourth-order valence-corrected chi connectivity index (χ4v) is 3.16. The van der Waals surface area contributed by atoms with E-state index in [0.29, 0.717) is 18.4 Å². The lowest BCUT2D eigenvalue weighted by atomic mass is 10.2. The molecule has 0 radical (unpaired) electrons. The zero-order valence-corrected chi connectivity index (χ0v) is 15.4. The van der Waals surface area contributed by atoms with Crippen molar-refractivity contribution in [2.24, 2.45) is 4.99 Å². The van der Waals surface area contributed by atoms with Crippen molar-refractivity contribution in [3.63, 3.8) is 0 Å². The number of carbonyl (C=O) groups excluding carboxylic acids is 1. The van der Waals surface area contributed by atoms with Gasteiger partial charge in [-0.05, 0) is 26.2 Å². The number of aliphatic imine (C=N–C) groups is 1. The first-order valence-electron chi connectivity index (χ1n) is 8.13. The first-order chi connectivity index (χ1) is 10.7. The standard InChI is InChI=1S/C15H30N4O3S/c1-12(9-10-23(4,21)22)17-15(16-11-14(20)19(2)3)18-13-7-5-6-8-13/h12-13H,5-11H2,1-4H3,(H2,16,17,18). The number of rotatable bonds is 7. The molecule has 134 valence electrons. The predicted molar refractivity (Wildman–Crippen MR) is 93.3 cm³/mol. The molecule has 1 aliphatic carbocycles. The number of likely N-dealkylation sites (N-methyl/N-ethyl adjacent to an activating group) is 1. The number of sulfone groups is 1.